The average Bonchev–Trinajstić information content (AvgIpc) is 2.92. The van der Waals surface area contributed by atoms with E-state index in [1.165, 1.54) is 56.0 Å². The van der Waals surface area contributed by atoms with Crippen LogP contribution in [0.3, 0.4) is 0 Å². The third kappa shape index (κ3) is 9.04. The van der Waals surface area contributed by atoms with E-state index in [4.69, 9.17) is 9.47 Å². The lowest BCUT2D eigenvalue weighted by atomic mass is 10.1. The van der Waals surface area contributed by atoms with Crippen LogP contribution in [0.5, 0.6) is 11.5 Å². The number of unbranched alkanes of at least 4 members (excludes halogenated alkanes) is 5. The van der Waals surface area contributed by atoms with E-state index in [-0.39, 0.29) is 17.0 Å². The molecule has 192 valence electrons. The Morgan fingerprint density at radius 3 is 2.32 bits per heavy atom. The normalized spacial score (nSPS) is 10.8. The molecule has 0 saturated heterocycles. The van der Waals surface area contributed by atoms with Crippen LogP contribution in [0.1, 0.15) is 71.7 Å². The molecule has 0 amide bonds. The maximum Gasteiger partial charge on any atom is 0.343 e. The first-order valence-corrected chi connectivity index (χ1v) is 12.5. The van der Waals surface area contributed by atoms with Crippen LogP contribution in [0.15, 0.2) is 78.9 Å². The Balaban J connectivity index is 1.52. The molecule has 0 aromatic heterocycles. The molecule has 0 bridgehead atoms. The Bertz CT molecular complexity index is 1230. The van der Waals surface area contributed by atoms with E-state index in [1.807, 2.05) is 0 Å². The number of hydrogen-bond acceptors (Lipinski definition) is 6. The topological polar surface area (TPSA) is 95.7 Å². The second-order valence-electron chi connectivity index (χ2n) is 8.61. The van der Waals surface area contributed by atoms with Gasteiger partial charge in [0.2, 0.25) is 0 Å². The maximum atomic E-state index is 12.6. The van der Waals surface area contributed by atoms with Crippen LogP contribution in [0.2, 0.25) is 0 Å². The fraction of sp³-hybridized carbons (Fsp3) is 0.267. The largest absolute Gasteiger partial charge is 0.494 e. The molecule has 3 aromatic rings. The van der Waals surface area contributed by atoms with Crippen molar-refractivity contribution in [1.29, 1.82) is 0 Å². The van der Waals surface area contributed by atoms with Gasteiger partial charge in [-0.05, 0) is 54.5 Å². The number of carbonyl (C=O) groups is 2. The molecule has 3 rings (SSSR count). The standard InChI is InChI=1S/C30H31NO6/c1-2-3-4-5-6-7-20-36-27-17-15-24(16-18-27)30(33)37-28-13-8-10-23(21-28)14-19-29(32)25-11-9-12-26(22-25)31(34)35/h8-19,21-22H,2-7,20H2,1H3/b19-14+. The van der Waals surface area contributed by atoms with Crippen molar-refractivity contribution < 1.29 is 24.0 Å². The van der Waals surface area contributed by atoms with E-state index in [1.54, 1.807) is 54.6 Å². The summed E-state index contributed by atoms with van der Waals surface area (Å²) in [5.74, 6) is 0.171. The average molecular weight is 502 g/mol. The van der Waals surface area contributed by atoms with Crippen LogP contribution in [0.25, 0.3) is 6.08 Å². The van der Waals surface area contributed by atoms with Gasteiger partial charge >= 0.3 is 5.97 Å². The summed E-state index contributed by atoms with van der Waals surface area (Å²) in [6.07, 6.45) is 10.1. The number of carbonyl (C=O) groups excluding carboxylic acids is 2. The smallest absolute Gasteiger partial charge is 0.343 e. The molecule has 0 aliphatic rings. The lowest BCUT2D eigenvalue weighted by Gasteiger charge is -2.08. The molecular formula is C30H31NO6. The highest BCUT2D eigenvalue weighted by Gasteiger charge is 2.11. The predicted octanol–water partition coefficient (Wildman–Crippen LogP) is 7.45. The first kappa shape index (κ1) is 27.3. The number of ketones is 1. The zero-order valence-electron chi connectivity index (χ0n) is 20.9. The first-order valence-electron chi connectivity index (χ1n) is 12.5. The molecule has 0 aliphatic carbocycles. The second-order valence-corrected chi connectivity index (χ2v) is 8.61. The Labute approximate surface area is 216 Å². The van der Waals surface area contributed by atoms with Gasteiger partial charge < -0.3 is 9.47 Å². The summed E-state index contributed by atoms with van der Waals surface area (Å²) in [4.78, 5) is 35.3. The Kier molecular flexibility index (Phi) is 10.6. The number of esters is 1. The molecule has 0 saturated carbocycles. The van der Waals surface area contributed by atoms with E-state index < -0.39 is 10.9 Å². The zero-order chi connectivity index (χ0) is 26.5. The molecule has 0 atom stereocenters. The van der Waals surface area contributed by atoms with Crippen LogP contribution in [0.4, 0.5) is 5.69 Å². The minimum absolute atomic E-state index is 0.148. The molecule has 7 nitrogen and oxygen atoms in total. The van der Waals surface area contributed by atoms with Crippen LogP contribution in [-0.2, 0) is 0 Å². The summed E-state index contributed by atoms with van der Waals surface area (Å²) >= 11 is 0. The Morgan fingerprint density at radius 1 is 0.838 bits per heavy atom. The van der Waals surface area contributed by atoms with Crippen LogP contribution in [-0.4, -0.2) is 23.3 Å². The van der Waals surface area contributed by atoms with Gasteiger partial charge in [-0.1, -0.05) is 69.4 Å². The summed E-state index contributed by atoms with van der Waals surface area (Å²) in [6.45, 7) is 2.86. The minimum atomic E-state index is -0.546. The number of rotatable bonds is 14. The number of allylic oxidation sites excluding steroid dienone is 1. The molecule has 0 aliphatic heterocycles. The van der Waals surface area contributed by atoms with E-state index in [0.717, 1.165) is 12.8 Å². The molecule has 0 N–H and O–H groups in total. The van der Waals surface area contributed by atoms with Gasteiger partial charge in [0.15, 0.2) is 5.78 Å². The molecule has 0 spiro atoms. The van der Waals surface area contributed by atoms with Crippen LogP contribution >= 0.6 is 0 Å². The van der Waals surface area contributed by atoms with Gasteiger partial charge in [-0.25, -0.2) is 4.79 Å². The molecule has 7 heteroatoms. The molecule has 0 fully saturated rings. The quantitative estimate of drug-likeness (QED) is 0.0433. The van der Waals surface area contributed by atoms with Gasteiger partial charge in [0.1, 0.15) is 11.5 Å². The lowest BCUT2D eigenvalue weighted by molar-refractivity contribution is -0.384. The molecule has 0 unspecified atom stereocenters. The minimum Gasteiger partial charge on any atom is -0.494 e. The maximum absolute atomic E-state index is 12.6. The van der Waals surface area contributed by atoms with Gasteiger partial charge in [0, 0.05) is 17.7 Å². The fourth-order valence-corrected chi connectivity index (χ4v) is 3.65. The highest BCUT2D eigenvalue weighted by molar-refractivity contribution is 6.07. The Morgan fingerprint density at radius 2 is 1.57 bits per heavy atom. The molecule has 0 heterocycles. The summed E-state index contributed by atoms with van der Waals surface area (Å²) in [5.41, 5.74) is 1.11. The SMILES string of the molecule is CCCCCCCCOc1ccc(C(=O)Oc2cccc(/C=C/C(=O)c3cccc([N+](=O)[O-])c3)c2)cc1. The summed E-state index contributed by atoms with van der Waals surface area (Å²) < 4.78 is 11.2. The molecule has 0 radical (unpaired) electrons. The van der Waals surface area contributed by atoms with Crippen molar-refractivity contribution in [3.8, 4) is 11.5 Å². The fourth-order valence-electron chi connectivity index (χ4n) is 3.65. The van der Waals surface area contributed by atoms with Crippen LogP contribution < -0.4 is 9.47 Å². The van der Waals surface area contributed by atoms with E-state index >= 15 is 0 Å². The van der Waals surface area contributed by atoms with Gasteiger partial charge in [-0.2, -0.15) is 0 Å². The van der Waals surface area contributed by atoms with Crippen LogP contribution in [0, 0.1) is 10.1 Å². The van der Waals surface area contributed by atoms with Crippen molar-refractivity contribution in [2.24, 2.45) is 0 Å². The predicted molar refractivity (Wildman–Crippen MR) is 143 cm³/mol. The number of ether oxygens (including phenoxy) is 2. The third-order valence-electron chi connectivity index (χ3n) is 5.69. The summed E-state index contributed by atoms with van der Waals surface area (Å²) in [7, 11) is 0. The lowest BCUT2D eigenvalue weighted by Crippen LogP contribution is -2.08. The van der Waals surface area contributed by atoms with Crippen molar-refractivity contribution >= 4 is 23.5 Å². The molecule has 3 aromatic carbocycles. The van der Waals surface area contributed by atoms with Crippen molar-refractivity contribution in [3.05, 3.63) is 106 Å². The summed E-state index contributed by atoms with van der Waals surface area (Å²) in [5, 5.41) is 10.9. The number of nitro groups is 1. The van der Waals surface area contributed by atoms with E-state index in [9.17, 15) is 19.7 Å². The number of non-ortho nitro benzene ring substituents is 1. The van der Waals surface area contributed by atoms with E-state index in [0.29, 0.717) is 29.2 Å². The number of benzene rings is 3. The highest BCUT2D eigenvalue weighted by atomic mass is 16.6. The third-order valence-corrected chi connectivity index (χ3v) is 5.69. The van der Waals surface area contributed by atoms with Gasteiger partial charge in [-0.15, -0.1) is 0 Å². The van der Waals surface area contributed by atoms with Crippen molar-refractivity contribution in [1.82, 2.24) is 0 Å². The second kappa shape index (κ2) is 14.3. The number of nitrogens with zero attached hydrogens (tertiary/aromatic N) is 1. The first-order chi connectivity index (χ1) is 18.0. The van der Waals surface area contributed by atoms with Gasteiger partial charge in [-0.3, -0.25) is 14.9 Å². The number of nitro benzene ring substituents is 1. The van der Waals surface area contributed by atoms with Crippen molar-refractivity contribution in [2.75, 3.05) is 6.61 Å². The van der Waals surface area contributed by atoms with Gasteiger partial charge in [0.05, 0.1) is 17.1 Å². The van der Waals surface area contributed by atoms with E-state index in [2.05, 4.69) is 6.92 Å². The molecule has 37 heavy (non-hydrogen) atoms. The van der Waals surface area contributed by atoms with Gasteiger partial charge in [0.25, 0.3) is 5.69 Å². The zero-order valence-corrected chi connectivity index (χ0v) is 20.9. The number of hydrogen-bond donors (Lipinski definition) is 0. The Hall–Kier alpha value is -4.26. The monoisotopic (exact) mass is 501 g/mol. The molecular weight excluding hydrogens is 470 g/mol. The van der Waals surface area contributed by atoms with Crippen molar-refractivity contribution in [3.63, 3.8) is 0 Å². The highest BCUT2D eigenvalue weighted by Crippen LogP contribution is 2.19. The summed E-state index contributed by atoms with van der Waals surface area (Å²) in [6, 6.07) is 19.1. The van der Waals surface area contributed by atoms with Crippen molar-refractivity contribution in [2.45, 2.75) is 45.4 Å².